The number of rotatable bonds is 2. The second-order valence-corrected chi connectivity index (χ2v) is 5.59. The van der Waals surface area contributed by atoms with Gasteiger partial charge in [0.05, 0.1) is 11.9 Å². The molecule has 0 amide bonds. The lowest BCUT2D eigenvalue weighted by molar-refractivity contribution is -0.127. The first-order valence-corrected chi connectivity index (χ1v) is 6.92. The van der Waals surface area contributed by atoms with Gasteiger partial charge in [-0.3, -0.25) is 14.3 Å². The van der Waals surface area contributed by atoms with Crippen LogP contribution in [0.2, 0.25) is 0 Å². The van der Waals surface area contributed by atoms with Crippen LogP contribution in [0.3, 0.4) is 0 Å². The van der Waals surface area contributed by atoms with Crippen molar-refractivity contribution < 1.29 is 15.3 Å². The maximum Gasteiger partial charge on any atom is 0.330 e. The van der Waals surface area contributed by atoms with Crippen molar-refractivity contribution in [3.05, 3.63) is 32.6 Å². The molecule has 1 fully saturated rings. The summed E-state index contributed by atoms with van der Waals surface area (Å²) in [7, 11) is 0. The molecule has 4 N–H and O–H groups in total. The molecule has 1 aromatic rings. The van der Waals surface area contributed by atoms with Crippen molar-refractivity contribution in [2.75, 3.05) is 12.4 Å². The molecule has 1 aromatic heterocycles. The molecule has 0 aromatic carbocycles. The zero-order valence-corrected chi connectivity index (χ0v) is 11.5. The highest BCUT2D eigenvalue weighted by Gasteiger charge is 2.51. The van der Waals surface area contributed by atoms with Crippen LogP contribution in [-0.2, 0) is 5.72 Å². The third-order valence-corrected chi connectivity index (χ3v) is 4.58. The van der Waals surface area contributed by atoms with Gasteiger partial charge in [0.1, 0.15) is 11.7 Å². The van der Waals surface area contributed by atoms with E-state index in [1.807, 2.05) is 4.98 Å². The molecule has 20 heavy (non-hydrogen) atoms. The van der Waals surface area contributed by atoms with Crippen LogP contribution in [0, 0.1) is 11.8 Å². The van der Waals surface area contributed by atoms with E-state index in [1.54, 1.807) is 0 Å². The minimum absolute atomic E-state index is 0.00122. The molecule has 108 valence electrons. The third-order valence-electron chi connectivity index (χ3n) is 3.17. The molecule has 0 unspecified atom stereocenters. The largest absolute Gasteiger partial charge is 0.395 e. The molecular weight excluding hydrogens is 284 g/mol. The van der Waals surface area contributed by atoms with Gasteiger partial charge in [0.15, 0.2) is 5.72 Å². The van der Waals surface area contributed by atoms with Crippen molar-refractivity contribution in [1.82, 2.24) is 9.55 Å². The van der Waals surface area contributed by atoms with Crippen molar-refractivity contribution in [3.63, 3.8) is 0 Å². The summed E-state index contributed by atoms with van der Waals surface area (Å²) in [4.78, 5) is 25.5. The lowest BCUT2D eigenvalue weighted by atomic mass is 10.0. The number of aromatic amines is 1. The lowest BCUT2D eigenvalue weighted by Crippen LogP contribution is -2.55. The smallest absolute Gasteiger partial charge is 0.330 e. The molecule has 3 atom stereocenters. The highest BCUT2D eigenvalue weighted by atomic mass is 32.2. The van der Waals surface area contributed by atoms with E-state index in [1.165, 1.54) is 6.92 Å². The van der Waals surface area contributed by atoms with E-state index in [0.717, 1.165) is 22.5 Å². The maximum absolute atomic E-state index is 11.9. The molecule has 0 spiro atoms. The Bertz CT molecular complexity index is 686. The summed E-state index contributed by atoms with van der Waals surface area (Å²) in [5, 5.41) is 29.1. The molecule has 1 aliphatic rings. The number of H-pyrrole nitrogens is 1. The number of aliphatic hydroxyl groups is 3. The summed E-state index contributed by atoms with van der Waals surface area (Å²) in [6, 6.07) is 0. The zero-order valence-electron chi connectivity index (χ0n) is 10.7. The van der Waals surface area contributed by atoms with Gasteiger partial charge in [-0.1, -0.05) is 5.92 Å². The number of hydrogen-bond donors (Lipinski definition) is 4. The first-order chi connectivity index (χ1) is 9.44. The van der Waals surface area contributed by atoms with E-state index in [4.69, 9.17) is 0 Å². The van der Waals surface area contributed by atoms with Gasteiger partial charge in [-0.25, -0.2) is 4.79 Å². The summed E-state index contributed by atoms with van der Waals surface area (Å²) in [5.41, 5.74) is -3.50. The topological polar surface area (TPSA) is 116 Å². The average molecular weight is 298 g/mol. The minimum Gasteiger partial charge on any atom is -0.395 e. The molecule has 8 heteroatoms. The van der Waals surface area contributed by atoms with Crippen molar-refractivity contribution in [3.8, 4) is 11.8 Å². The average Bonchev–Trinajstić information content (AvgIpc) is 2.69. The number of aliphatic hydroxyl groups excluding tert-OH is 2. The molecule has 7 nitrogen and oxygen atoms in total. The second kappa shape index (κ2) is 5.46. The first-order valence-electron chi connectivity index (χ1n) is 5.87. The second-order valence-electron chi connectivity index (χ2n) is 4.35. The molecular formula is C12H14N2O5S. The normalized spacial score (nSPS) is 29.0. The SMILES string of the molecule is CC#Cc1cn([C@@]2(O)[C@H](O)CS[C@H]2CO)c(=O)[nH]c1=O. The number of nitrogens with zero attached hydrogens (tertiary/aromatic N) is 1. The predicted octanol–water partition coefficient (Wildman–Crippen LogP) is -1.98. The molecule has 0 saturated carbocycles. The fraction of sp³-hybridized carbons (Fsp3) is 0.500. The van der Waals surface area contributed by atoms with Crippen LogP contribution in [-0.4, -0.2) is 48.6 Å². The summed E-state index contributed by atoms with van der Waals surface area (Å²) in [5.74, 6) is 5.21. The highest BCUT2D eigenvalue weighted by molar-refractivity contribution is 8.00. The Labute approximate surface area is 118 Å². The van der Waals surface area contributed by atoms with Gasteiger partial charge >= 0.3 is 5.69 Å². The van der Waals surface area contributed by atoms with Crippen molar-refractivity contribution in [1.29, 1.82) is 0 Å². The van der Waals surface area contributed by atoms with E-state index in [9.17, 15) is 24.9 Å². The number of thioether (sulfide) groups is 1. The molecule has 0 bridgehead atoms. The number of nitrogens with one attached hydrogen (secondary N) is 1. The van der Waals surface area contributed by atoms with Crippen LogP contribution < -0.4 is 11.2 Å². The Morgan fingerprint density at radius 1 is 1.60 bits per heavy atom. The summed E-state index contributed by atoms with van der Waals surface area (Å²) in [6.07, 6.45) is -0.134. The van der Waals surface area contributed by atoms with Crippen LogP contribution in [0.4, 0.5) is 0 Å². The van der Waals surface area contributed by atoms with E-state index in [2.05, 4.69) is 11.8 Å². The van der Waals surface area contributed by atoms with Crippen LogP contribution in [0.25, 0.3) is 0 Å². The Kier molecular flexibility index (Phi) is 4.06. The van der Waals surface area contributed by atoms with Crippen molar-refractivity contribution in [2.24, 2.45) is 0 Å². The van der Waals surface area contributed by atoms with E-state index >= 15 is 0 Å². The van der Waals surface area contributed by atoms with Gasteiger partial charge in [0, 0.05) is 11.9 Å². The van der Waals surface area contributed by atoms with E-state index in [0.29, 0.717) is 0 Å². The standard InChI is InChI=1S/C12H14N2O5S/c1-2-3-7-4-14(11(18)13-10(7)17)12(19)8(16)6-20-9(12)5-15/h4,8-9,15-16,19H,5-6H2,1H3,(H,13,17,18)/t8-,9+,12-/m1/s1. The van der Waals surface area contributed by atoms with Crippen molar-refractivity contribution in [2.45, 2.75) is 24.0 Å². The molecule has 2 heterocycles. The van der Waals surface area contributed by atoms with Gasteiger partial charge in [0.25, 0.3) is 5.56 Å². The fourth-order valence-corrected chi connectivity index (χ4v) is 3.41. The van der Waals surface area contributed by atoms with Gasteiger partial charge in [-0.15, -0.1) is 17.7 Å². The Balaban J connectivity index is 2.67. The molecule has 0 aliphatic carbocycles. The first kappa shape index (κ1) is 14.9. The highest BCUT2D eigenvalue weighted by Crippen LogP contribution is 2.38. The van der Waals surface area contributed by atoms with Gasteiger partial charge in [-0.05, 0) is 6.92 Å². The fourth-order valence-electron chi connectivity index (χ4n) is 2.13. The van der Waals surface area contributed by atoms with E-state index < -0.39 is 34.9 Å². The molecule has 2 rings (SSSR count). The Morgan fingerprint density at radius 2 is 2.30 bits per heavy atom. The van der Waals surface area contributed by atoms with Crippen LogP contribution in [0.15, 0.2) is 15.8 Å². The summed E-state index contributed by atoms with van der Waals surface area (Å²) >= 11 is 1.15. The third kappa shape index (κ3) is 2.19. The van der Waals surface area contributed by atoms with Crippen LogP contribution in [0.5, 0.6) is 0 Å². The zero-order chi connectivity index (χ0) is 14.9. The molecule has 0 radical (unpaired) electrons. The monoisotopic (exact) mass is 298 g/mol. The summed E-state index contributed by atoms with van der Waals surface area (Å²) in [6.45, 7) is 1.11. The Hall–Kier alpha value is -1.53. The van der Waals surface area contributed by atoms with E-state index in [-0.39, 0.29) is 11.3 Å². The van der Waals surface area contributed by atoms with Gasteiger partial charge < -0.3 is 15.3 Å². The van der Waals surface area contributed by atoms with Crippen LogP contribution >= 0.6 is 11.8 Å². The number of hydrogen-bond acceptors (Lipinski definition) is 6. The minimum atomic E-state index is -1.98. The molecule has 1 saturated heterocycles. The number of aromatic nitrogens is 2. The van der Waals surface area contributed by atoms with Gasteiger partial charge in [0.2, 0.25) is 0 Å². The maximum atomic E-state index is 11.9. The molecule has 1 aliphatic heterocycles. The van der Waals surface area contributed by atoms with Gasteiger partial charge in [-0.2, -0.15) is 0 Å². The van der Waals surface area contributed by atoms with Crippen LogP contribution in [0.1, 0.15) is 12.5 Å². The predicted molar refractivity (Wildman–Crippen MR) is 73.4 cm³/mol. The lowest BCUT2D eigenvalue weighted by Gasteiger charge is -2.32. The Morgan fingerprint density at radius 3 is 2.90 bits per heavy atom. The quantitative estimate of drug-likeness (QED) is 0.470. The summed E-state index contributed by atoms with van der Waals surface area (Å²) < 4.78 is 0.833. The van der Waals surface area contributed by atoms with Crippen molar-refractivity contribution >= 4 is 11.8 Å².